The molecule has 0 heterocycles. The summed E-state index contributed by atoms with van der Waals surface area (Å²) < 4.78 is 0. The summed E-state index contributed by atoms with van der Waals surface area (Å²) in [4.78, 5) is 0. The van der Waals surface area contributed by atoms with Crippen molar-refractivity contribution < 1.29 is 15.3 Å². The fourth-order valence-corrected chi connectivity index (χ4v) is 4.09. The Labute approximate surface area is 77.4 Å². The summed E-state index contributed by atoms with van der Waals surface area (Å²) in [6, 6.07) is 0. The molecule has 3 nitrogen and oxygen atoms in total. The molecule has 0 bridgehead atoms. The molecule has 3 rings (SSSR count). The van der Waals surface area contributed by atoms with E-state index in [4.69, 9.17) is 0 Å². The number of aliphatic hydroxyl groups is 3. The van der Waals surface area contributed by atoms with Crippen molar-refractivity contribution in [2.75, 3.05) is 0 Å². The van der Waals surface area contributed by atoms with E-state index in [0.717, 1.165) is 12.8 Å². The molecule has 0 aliphatic heterocycles. The first-order chi connectivity index (χ1) is 6.18. The first-order valence-corrected chi connectivity index (χ1v) is 5.22. The van der Waals surface area contributed by atoms with Gasteiger partial charge in [-0.1, -0.05) is 0 Å². The second-order valence-corrected chi connectivity index (χ2v) is 4.99. The predicted octanol–water partition coefficient (Wildman–Crippen LogP) is -0.255. The maximum Gasteiger partial charge on any atom is 0.0599 e. The van der Waals surface area contributed by atoms with Crippen LogP contribution in [0.15, 0.2) is 0 Å². The van der Waals surface area contributed by atoms with E-state index in [1.54, 1.807) is 0 Å². The van der Waals surface area contributed by atoms with Crippen LogP contribution >= 0.6 is 0 Å². The first kappa shape index (κ1) is 8.21. The predicted molar refractivity (Wildman–Crippen MR) is 45.8 cm³/mol. The van der Waals surface area contributed by atoms with Crippen LogP contribution in [0.4, 0.5) is 0 Å². The molecule has 0 aromatic heterocycles. The molecule has 3 heteroatoms. The highest BCUT2D eigenvalue weighted by atomic mass is 16.3. The van der Waals surface area contributed by atoms with Crippen molar-refractivity contribution >= 4 is 0 Å². The quantitative estimate of drug-likeness (QED) is 0.486. The summed E-state index contributed by atoms with van der Waals surface area (Å²) in [5.41, 5.74) is 0. The van der Waals surface area contributed by atoms with Crippen LogP contribution < -0.4 is 0 Å². The van der Waals surface area contributed by atoms with Gasteiger partial charge in [0.15, 0.2) is 0 Å². The largest absolute Gasteiger partial charge is 0.393 e. The number of hydrogen-bond donors (Lipinski definition) is 3. The monoisotopic (exact) mass is 184 g/mol. The number of rotatable bonds is 0. The average molecular weight is 184 g/mol. The molecule has 3 fully saturated rings. The highest BCUT2D eigenvalue weighted by molar-refractivity contribution is 5.09. The van der Waals surface area contributed by atoms with E-state index in [9.17, 15) is 15.3 Å². The zero-order valence-corrected chi connectivity index (χ0v) is 7.50. The van der Waals surface area contributed by atoms with Crippen molar-refractivity contribution in [1.29, 1.82) is 0 Å². The lowest BCUT2D eigenvalue weighted by Crippen LogP contribution is -2.25. The SMILES string of the molecule is O[C@@H]1C[C@@H]2C[C@H](O)[C@@H]3C[C@H](O)[C@H]1[C@H]23. The van der Waals surface area contributed by atoms with Crippen LogP contribution in [-0.2, 0) is 0 Å². The molecule has 3 N–H and O–H groups in total. The smallest absolute Gasteiger partial charge is 0.0599 e. The van der Waals surface area contributed by atoms with Gasteiger partial charge in [0.2, 0.25) is 0 Å². The van der Waals surface area contributed by atoms with Gasteiger partial charge in [-0.2, -0.15) is 0 Å². The van der Waals surface area contributed by atoms with Gasteiger partial charge in [-0.25, -0.2) is 0 Å². The van der Waals surface area contributed by atoms with Gasteiger partial charge >= 0.3 is 0 Å². The number of hydrogen-bond acceptors (Lipinski definition) is 3. The summed E-state index contributed by atoms with van der Waals surface area (Å²) in [5, 5.41) is 29.2. The van der Waals surface area contributed by atoms with E-state index in [0.29, 0.717) is 18.3 Å². The van der Waals surface area contributed by atoms with Crippen LogP contribution in [-0.4, -0.2) is 33.6 Å². The zero-order chi connectivity index (χ0) is 9.16. The van der Waals surface area contributed by atoms with E-state index < -0.39 is 0 Å². The lowest BCUT2D eigenvalue weighted by Gasteiger charge is -2.17. The molecule has 3 aliphatic carbocycles. The van der Waals surface area contributed by atoms with Gasteiger partial charge in [0.05, 0.1) is 18.3 Å². The standard InChI is InChI=1S/C10H16O3/c11-6-1-4-2-7(12)10-8(13)3-5(6)9(4)10/h4-13H,1-3H2/t4-,5-,6-,7+,8-,9+,10-/m0/s1. The van der Waals surface area contributed by atoms with Crippen molar-refractivity contribution in [3.8, 4) is 0 Å². The molecule has 3 saturated carbocycles. The maximum atomic E-state index is 9.74. The van der Waals surface area contributed by atoms with E-state index in [1.165, 1.54) is 0 Å². The summed E-state index contributed by atoms with van der Waals surface area (Å²) >= 11 is 0. The summed E-state index contributed by atoms with van der Waals surface area (Å²) in [6.07, 6.45) is 1.43. The number of aliphatic hydroxyl groups excluding tert-OH is 3. The van der Waals surface area contributed by atoms with Crippen LogP contribution in [0.3, 0.4) is 0 Å². The lowest BCUT2D eigenvalue weighted by molar-refractivity contribution is 0.0401. The molecule has 0 aromatic carbocycles. The third kappa shape index (κ3) is 0.901. The lowest BCUT2D eigenvalue weighted by atomic mass is 9.91. The van der Waals surface area contributed by atoms with Gasteiger partial charge < -0.3 is 15.3 Å². The van der Waals surface area contributed by atoms with Crippen LogP contribution in [0.5, 0.6) is 0 Å². The molecule has 0 unspecified atom stereocenters. The molecular weight excluding hydrogens is 168 g/mol. The Balaban J connectivity index is 1.94. The third-order valence-corrected chi connectivity index (χ3v) is 4.47. The average Bonchev–Trinajstić information content (AvgIpc) is 2.60. The van der Waals surface area contributed by atoms with Gasteiger partial charge in [-0.3, -0.25) is 0 Å². The third-order valence-electron chi connectivity index (χ3n) is 4.47. The molecule has 0 spiro atoms. The molecule has 13 heavy (non-hydrogen) atoms. The van der Waals surface area contributed by atoms with Gasteiger partial charge in [0.1, 0.15) is 0 Å². The topological polar surface area (TPSA) is 60.7 Å². The van der Waals surface area contributed by atoms with Crippen LogP contribution in [0.1, 0.15) is 19.3 Å². The minimum atomic E-state index is -0.370. The van der Waals surface area contributed by atoms with Crippen molar-refractivity contribution in [2.45, 2.75) is 37.6 Å². The highest BCUT2D eigenvalue weighted by Crippen LogP contribution is 2.58. The van der Waals surface area contributed by atoms with E-state index in [2.05, 4.69) is 0 Å². The van der Waals surface area contributed by atoms with Gasteiger partial charge in [0.25, 0.3) is 0 Å². The molecule has 0 aromatic rings. The molecule has 74 valence electrons. The highest BCUT2D eigenvalue weighted by Gasteiger charge is 2.59. The maximum absolute atomic E-state index is 9.74. The zero-order valence-electron chi connectivity index (χ0n) is 7.50. The van der Waals surface area contributed by atoms with Gasteiger partial charge in [-0.15, -0.1) is 0 Å². The molecule has 0 amide bonds. The molecule has 0 radical (unpaired) electrons. The summed E-state index contributed by atoms with van der Waals surface area (Å²) in [6.45, 7) is 0. The van der Waals surface area contributed by atoms with Gasteiger partial charge in [0, 0.05) is 5.92 Å². The Morgan fingerprint density at radius 3 is 2.08 bits per heavy atom. The van der Waals surface area contributed by atoms with Crippen molar-refractivity contribution in [3.05, 3.63) is 0 Å². The Morgan fingerprint density at radius 2 is 1.31 bits per heavy atom. The van der Waals surface area contributed by atoms with E-state index in [-0.39, 0.29) is 30.1 Å². The molecule has 7 atom stereocenters. The minimum absolute atomic E-state index is 0.0622. The van der Waals surface area contributed by atoms with Crippen LogP contribution in [0.25, 0.3) is 0 Å². The Bertz CT molecular complexity index is 230. The first-order valence-electron chi connectivity index (χ1n) is 5.22. The fourth-order valence-electron chi connectivity index (χ4n) is 4.09. The van der Waals surface area contributed by atoms with E-state index in [1.807, 2.05) is 0 Å². The molecule has 3 aliphatic rings. The van der Waals surface area contributed by atoms with Gasteiger partial charge in [-0.05, 0) is 37.0 Å². The van der Waals surface area contributed by atoms with Crippen LogP contribution in [0, 0.1) is 23.7 Å². The Morgan fingerprint density at radius 1 is 0.692 bits per heavy atom. The summed E-state index contributed by atoms with van der Waals surface area (Å²) in [7, 11) is 0. The van der Waals surface area contributed by atoms with Crippen molar-refractivity contribution in [3.63, 3.8) is 0 Å². The minimum Gasteiger partial charge on any atom is -0.393 e. The normalized spacial score (nSPS) is 64.4. The Kier molecular flexibility index (Phi) is 1.56. The van der Waals surface area contributed by atoms with Crippen molar-refractivity contribution in [2.24, 2.45) is 23.7 Å². The summed E-state index contributed by atoms with van der Waals surface area (Å²) in [5.74, 6) is 1.20. The van der Waals surface area contributed by atoms with E-state index >= 15 is 0 Å². The Hall–Kier alpha value is -0.120. The molecule has 0 saturated heterocycles. The second-order valence-electron chi connectivity index (χ2n) is 4.99. The van der Waals surface area contributed by atoms with Crippen LogP contribution in [0.2, 0.25) is 0 Å². The van der Waals surface area contributed by atoms with Crippen molar-refractivity contribution in [1.82, 2.24) is 0 Å². The second kappa shape index (κ2) is 2.47. The molecular formula is C10H16O3. The fraction of sp³-hybridized carbons (Fsp3) is 1.00.